The summed E-state index contributed by atoms with van der Waals surface area (Å²) in [4.78, 5) is 31.7. The van der Waals surface area contributed by atoms with Crippen molar-refractivity contribution in [3.05, 3.63) is 52.4 Å². The molecular formula is C26H35ClN6O2. The SMILES string of the molecule is C[C@@H]1C[C@@H](O)c2ncnc(N3CCN(C(=O)[C@@H](CN4CCN(C)CC4)c4ccc(Cl)cc4)CC3)c21. The lowest BCUT2D eigenvalue weighted by atomic mass is 9.96. The van der Waals surface area contributed by atoms with Gasteiger partial charge in [0.05, 0.1) is 17.7 Å². The summed E-state index contributed by atoms with van der Waals surface area (Å²) in [7, 11) is 2.15. The summed E-state index contributed by atoms with van der Waals surface area (Å²) in [6.07, 6.45) is 1.73. The van der Waals surface area contributed by atoms with Crippen LogP contribution in [0.2, 0.25) is 5.02 Å². The average molecular weight is 499 g/mol. The van der Waals surface area contributed by atoms with Gasteiger partial charge in [0, 0.05) is 69.5 Å². The molecule has 0 radical (unpaired) electrons. The number of amides is 1. The van der Waals surface area contributed by atoms with Crippen LogP contribution in [0.1, 0.15) is 48.1 Å². The number of aliphatic hydroxyl groups excluding tert-OH is 1. The number of likely N-dealkylation sites (N-methyl/N-ethyl adjacent to an activating group) is 1. The average Bonchev–Trinajstić information content (AvgIpc) is 3.17. The van der Waals surface area contributed by atoms with Crippen molar-refractivity contribution in [3.8, 4) is 0 Å². The Labute approximate surface area is 212 Å². The first-order valence-corrected chi connectivity index (χ1v) is 13.0. The Bertz CT molecular complexity index is 1030. The molecule has 9 heteroatoms. The first-order valence-electron chi connectivity index (χ1n) is 12.6. The summed E-state index contributed by atoms with van der Waals surface area (Å²) in [6, 6.07) is 7.75. The number of carbonyl (C=O) groups is 1. The highest BCUT2D eigenvalue weighted by Gasteiger charge is 2.35. The Hall–Kier alpha value is -2.26. The van der Waals surface area contributed by atoms with Crippen molar-refractivity contribution >= 4 is 23.3 Å². The number of aliphatic hydroxyl groups is 1. The molecule has 1 aliphatic carbocycles. The standard InChI is InChI=1S/C26H35ClN6O2/c1-18-15-22(34)24-23(18)25(29-17-28-24)32-11-13-33(14-12-32)26(35)21(19-3-5-20(27)6-4-19)16-31-9-7-30(2)8-10-31/h3-6,17-18,21-22,34H,7-16H2,1-2H3/t18-,21+,22-/m1/s1. The lowest BCUT2D eigenvalue weighted by Gasteiger charge is -2.39. The van der Waals surface area contributed by atoms with Gasteiger partial charge >= 0.3 is 0 Å². The Morgan fingerprint density at radius 2 is 1.74 bits per heavy atom. The third kappa shape index (κ3) is 5.16. The zero-order chi connectivity index (χ0) is 24.5. The van der Waals surface area contributed by atoms with Crippen molar-refractivity contribution in [2.45, 2.75) is 31.3 Å². The zero-order valence-corrected chi connectivity index (χ0v) is 21.4. The van der Waals surface area contributed by atoms with Gasteiger partial charge in [0.1, 0.15) is 12.1 Å². The number of hydrogen-bond acceptors (Lipinski definition) is 7. The van der Waals surface area contributed by atoms with E-state index >= 15 is 0 Å². The number of hydrogen-bond donors (Lipinski definition) is 1. The molecule has 5 rings (SSSR count). The van der Waals surface area contributed by atoms with E-state index < -0.39 is 6.10 Å². The minimum atomic E-state index is -0.515. The van der Waals surface area contributed by atoms with Crippen LogP contribution in [0.15, 0.2) is 30.6 Å². The van der Waals surface area contributed by atoms with E-state index in [4.69, 9.17) is 11.6 Å². The van der Waals surface area contributed by atoms with Gasteiger partial charge in [0.15, 0.2) is 0 Å². The second-order valence-corrected chi connectivity index (χ2v) is 10.6. The van der Waals surface area contributed by atoms with Gasteiger partial charge in [-0.1, -0.05) is 30.7 Å². The smallest absolute Gasteiger partial charge is 0.231 e. The van der Waals surface area contributed by atoms with Crippen molar-refractivity contribution in [3.63, 3.8) is 0 Å². The molecule has 2 fully saturated rings. The van der Waals surface area contributed by atoms with Crippen molar-refractivity contribution in [1.29, 1.82) is 0 Å². The van der Waals surface area contributed by atoms with Crippen LogP contribution >= 0.6 is 11.6 Å². The molecule has 3 atom stereocenters. The summed E-state index contributed by atoms with van der Waals surface area (Å²) in [6.45, 7) is 9.60. The van der Waals surface area contributed by atoms with Crippen LogP contribution in [0.25, 0.3) is 0 Å². The van der Waals surface area contributed by atoms with E-state index in [9.17, 15) is 9.90 Å². The predicted octanol–water partition coefficient (Wildman–Crippen LogP) is 2.35. The Balaban J connectivity index is 1.29. The number of nitrogens with zero attached hydrogens (tertiary/aromatic N) is 6. The van der Waals surface area contributed by atoms with Crippen molar-refractivity contribution in [2.75, 3.05) is 70.9 Å². The molecular weight excluding hydrogens is 464 g/mol. The summed E-state index contributed by atoms with van der Waals surface area (Å²) < 4.78 is 0. The third-order valence-electron chi connectivity index (χ3n) is 7.78. The molecule has 2 saturated heterocycles. The van der Waals surface area contributed by atoms with Crippen LogP contribution in [0.4, 0.5) is 5.82 Å². The highest BCUT2D eigenvalue weighted by atomic mass is 35.5. The monoisotopic (exact) mass is 498 g/mol. The predicted molar refractivity (Wildman–Crippen MR) is 137 cm³/mol. The molecule has 0 bridgehead atoms. The molecule has 1 aromatic heterocycles. The molecule has 0 saturated carbocycles. The zero-order valence-electron chi connectivity index (χ0n) is 20.6. The van der Waals surface area contributed by atoms with Gasteiger partial charge in [0.2, 0.25) is 5.91 Å². The maximum atomic E-state index is 13.8. The molecule has 1 N–H and O–H groups in total. The molecule has 0 unspecified atom stereocenters. The van der Waals surface area contributed by atoms with E-state index in [-0.39, 0.29) is 17.7 Å². The fraction of sp³-hybridized carbons (Fsp3) is 0.577. The normalized spacial score (nSPS) is 24.5. The van der Waals surface area contributed by atoms with Gasteiger partial charge < -0.3 is 19.8 Å². The van der Waals surface area contributed by atoms with E-state index in [2.05, 4.69) is 38.6 Å². The number of fused-ring (bicyclic) bond motifs is 1. The van der Waals surface area contributed by atoms with Crippen LogP contribution in [0.5, 0.6) is 0 Å². The van der Waals surface area contributed by atoms with Gasteiger partial charge in [-0.3, -0.25) is 9.69 Å². The molecule has 2 aliphatic heterocycles. The fourth-order valence-electron chi connectivity index (χ4n) is 5.62. The minimum Gasteiger partial charge on any atom is -0.387 e. The topological polar surface area (TPSA) is 76.0 Å². The number of piperazine rings is 2. The van der Waals surface area contributed by atoms with E-state index in [1.165, 1.54) is 0 Å². The summed E-state index contributed by atoms with van der Waals surface area (Å²) in [5.74, 6) is 1.12. The maximum Gasteiger partial charge on any atom is 0.231 e. The Morgan fingerprint density at radius 1 is 1.06 bits per heavy atom. The first-order chi connectivity index (χ1) is 16.9. The van der Waals surface area contributed by atoms with Crippen molar-refractivity contribution in [2.24, 2.45) is 0 Å². The molecule has 0 spiro atoms. The van der Waals surface area contributed by atoms with Crippen LogP contribution < -0.4 is 4.90 Å². The van der Waals surface area contributed by atoms with E-state index in [0.717, 1.165) is 68.5 Å². The lowest BCUT2D eigenvalue weighted by Crippen LogP contribution is -2.52. The number of anilines is 1. The van der Waals surface area contributed by atoms with Gasteiger partial charge in [-0.05, 0) is 37.1 Å². The largest absolute Gasteiger partial charge is 0.387 e. The van der Waals surface area contributed by atoms with E-state index in [1.54, 1.807) is 6.33 Å². The highest BCUT2D eigenvalue weighted by Crippen LogP contribution is 2.42. The Kier molecular flexibility index (Phi) is 7.25. The maximum absolute atomic E-state index is 13.8. The summed E-state index contributed by atoms with van der Waals surface area (Å²) in [5.41, 5.74) is 2.85. The lowest BCUT2D eigenvalue weighted by molar-refractivity contribution is -0.133. The molecule has 1 amide bonds. The molecule has 1 aromatic carbocycles. The number of carbonyl (C=O) groups excluding carboxylic acids is 1. The fourth-order valence-corrected chi connectivity index (χ4v) is 5.75. The number of halogens is 1. The minimum absolute atomic E-state index is 0.183. The van der Waals surface area contributed by atoms with Crippen LogP contribution in [0, 0.1) is 0 Å². The van der Waals surface area contributed by atoms with Gasteiger partial charge in [-0.2, -0.15) is 0 Å². The van der Waals surface area contributed by atoms with Gasteiger partial charge in [0.25, 0.3) is 0 Å². The third-order valence-corrected chi connectivity index (χ3v) is 8.03. The number of benzene rings is 1. The summed E-state index contributed by atoms with van der Waals surface area (Å²) in [5, 5.41) is 11.0. The van der Waals surface area contributed by atoms with Crippen molar-refractivity contribution in [1.82, 2.24) is 24.7 Å². The van der Waals surface area contributed by atoms with Gasteiger partial charge in [-0.15, -0.1) is 0 Å². The van der Waals surface area contributed by atoms with E-state index in [0.29, 0.717) is 24.5 Å². The van der Waals surface area contributed by atoms with E-state index in [1.807, 2.05) is 29.2 Å². The van der Waals surface area contributed by atoms with Crippen molar-refractivity contribution < 1.29 is 9.90 Å². The van der Waals surface area contributed by atoms with Crippen LogP contribution in [-0.4, -0.2) is 102 Å². The second kappa shape index (κ2) is 10.4. The second-order valence-electron chi connectivity index (χ2n) is 10.2. The summed E-state index contributed by atoms with van der Waals surface area (Å²) >= 11 is 6.14. The number of rotatable bonds is 5. The quantitative estimate of drug-likeness (QED) is 0.678. The van der Waals surface area contributed by atoms with Crippen LogP contribution in [-0.2, 0) is 4.79 Å². The molecule has 188 valence electrons. The number of aromatic nitrogens is 2. The van der Waals surface area contributed by atoms with Gasteiger partial charge in [-0.25, -0.2) is 9.97 Å². The molecule has 3 heterocycles. The molecule has 35 heavy (non-hydrogen) atoms. The Morgan fingerprint density at radius 3 is 2.43 bits per heavy atom. The molecule has 2 aromatic rings. The highest BCUT2D eigenvalue weighted by molar-refractivity contribution is 6.30. The molecule has 3 aliphatic rings. The first kappa shape index (κ1) is 24.4. The van der Waals surface area contributed by atoms with Crippen LogP contribution in [0.3, 0.4) is 0 Å². The molecule has 8 nitrogen and oxygen atoms in total.